The van der Waals surface area contributed by atoms with Gasteiger partial charge in [-0.2, -0.15) is 4.31 Å². The van der Waals surface area contributed by atoms with E-state index in [0.29, 0.717) is 13.1 Å². The third-order valence-corrected chi connectivity index (χ3v) is 7.26. The van der Waals surface area contributed by atoms with Gasteiger partial charge < -0.3 is 5.32 Å². The molecule has 2 fully saturated rings. The van der Waals surface area contributed by atoms with E-state index in [1.54, 1.807) is 0 Å². The van der Waals surface area contributed by atoms with E-state index in [-0.39, 0.29) is 15.2 Å². The molecule has 2 aliphatic heterocycles. The Kier molecular flexibility index (Phi) is 3.81. The molecule has 2 aliphatic rings. The number of rotatable bonds is 3. The second kappa shape index (κ2) is 5.27. The minimum atomic E-state index is -3.92. The Labute approximate surface area is 130 Å². The van der Waals surface area contributed by atoms with Gasteiger partial charge in [-0.15, -0.1) is 0 Å². The van der Waals surface area contributed by atoms with Gasteiger partial charge in [0.25, 0.3) is 0 Å². The van der Waals surface area contributed by atoms with Gasteiger partial charge in [0.2, 0.25) is 20.0 Å². The summed E-state index contributed by atoms with van der Waals surface area (Å²) in [6, 6.07) is 5.22. The number of nitrogens with zero attached hydrogens (tertiary/aromatic N) is 1. The number of hydrogen-bond acceptors (Lipinski definition) is 5. The fourth-order valence-corrected chi connectivity index (χ4v) is 5.44. The first kappa shape index (κ1) is 15.9. The van der Waals surface area contributed by atoms with Crippen LogP contribution in [0.25, 0.3) is 0 Å². The van der Waals surface area contributed by atoms with Crippen molar-refractivity contribution in [3.05, 3.63) is 24.3 Å². The highest BCUT2D eigenvalue weighted by Crippen LogP contribution is 2.38. The van der Waals surface area contributed by atoms with Crippen LogP contribution in [0.15, 0.2) is 34.1 Å². The summed E-state index contributed by atoms with van der Waals surface area (Å²) in [5.74, 6) is 0. The van der Waals surface area contributed by atoms with Crippen molar-refractivity contribution < 1.29 is 16.8 Å². The molecule has 0 radical (unpaired) electrons. The van der Waals surface area contributed by atoms with Gasteiger partial charge >= 0.3 is 0 Å². The SMILES string of the molecule is NS(=O)(=O)c1cccc(S(=O)(=O)N2CCC3(CCNC3)C2)c1. The Balaban J connectivity index is 1.91. The van der Waals surface area contributed by atoms with Gasteiger partial charge in [0.1, 0.15) is 0 Å². The van der Waals surface area contributed by atoms with Crippen molar-refractivity contribution in [2.45, 2.75) is 22.6 Å². The third kappa shape index (κ3) is 2.79. The van der Waals surface area contributed by atoms with E-state index < -0.39 is 20.0 Å². The molecule has 0 amide bonds. The number of primary sulfonamides is 1. The van der Waals surface area contributed by atoms with Crippen LogP contribution in [0, 0.1) is 5.41 Å². The molecule has 0 bridgehead atoms. The Bertz CT molecular complexity index is 783. The fourth-order valence-electron chi connectivity index (χ4n) is 3.20. The number of sulfonamides is 2. The Morgan fingerprint density at radius 3 is 2.50 bits per heavy atom. The predicted molar refractivity (Wildman–Crippen MR) is 81.1 cm³/mol. The van der Waals surface area contributed by atoms with Gasteiger partial charge in [0.05, 0.1) is 9.79 Å². The summed E-state index contributed by atoms with van der Waals surface area (Å²) in [4.78, 5) is -0.216. The Morgan fingerprint density at radius 1 is 1.14 bits per heavy atom. The zero-order valence-electron chi connectivity index (χ0n) is 12.0. The van der Waals surface area contributed by atoms with Gasteiger partial charge in [0.15, 0.2) is 0 Å². The van der Waals surface area contributed by atoms with Gasteiger partial charge in [0, 0.05) is 19.6 Å². The highest BCUT2D eigenvalue weighted by molar-refractivity contribution is 7.90. The normalized spacial score (nSPS) is 26.8. The summed E-state index contributed by atoms with van der Waals surface area (Å²) in [6.45, 7) is 2.68. The van der Waals surface area contributed by atoms with E-state index >= 15 is 0 Å². The fraction of sp³-hybridized carbons (Fsp3) is 0.538. The lowest BCUT2D eigenvalue weighted by Crippen LogP contribution is -2.33. The third-order valence-electron chi connectivity index (χ3n) is 4.51. The Morgan fingerprint density at radius 2 is 1.86 bits per heavy atom. The average molecular weight is 345 g/mol. The zero-order chi connectivity index (χ0) is 16.0. The van der Waals surface area contributed by atoms with Crippen LogP contribution in [0.5, 0.6) is 0 Å². The molecule has 122 valence electrons. The summed E-state index contributed by atoms with van der Waals surface area (Å²) in [7, 11) is -7.62. The van der Waals surface area contributed by atoms with Crippen molar-refractivity contribution in [3.63, 3.8) is 0 Å². The summed E-state index contributed by atoms with van der Waals surface area (Å²) >= 11 is 0. The van der Waals surface area contributed by atoms with E-state index in [9.17, 15) is 16.8 Å². The van der Waals surface area contributed by atoms with Gasteiger partial charge in [-0.3, -0.25) is 0 Å². The van der Waals surface area contributed by atoms with Gasteiger partial charge in [-0.05, 0) is 43.0 Å². The second-order valence-corrected chi connectivity index (χ2v) is 9.53. The molecule has 2 saturated heterocycles. The minimum Gasteiger partial charge on any atom is -0.316 e. The predicted octanol–water partition coefficient (Wildman–Crippen LogP) is -0.292. The quantitative estimate of drug-likeness (QED) is 0.782. The molecular formula is C13H19N3O4S2. The molecule has 3 N–H and O–H groups in total. The largest absolute Gasteiger partial charge is 0.316 e. The van der Waals surface area contributed by atoms with Crippen LogP contribution in [0.3, 0.4) is 0 Å². The maximum Gasteiger partial charge on any atom is 0.243 e. The second-order valence-electron chi connectivity index (χ2n) is 6.04. The molecule has 9 heteroatoms. The van der Waals surface area contributed by atoms with Gasteiger partial charge in [-0.25, -0.2) is 22.0 Å². The van der Waals surface area contributed by atoms with Crippen LogP contribution in [0.1, 0.15) is 12.8 Å². The van der Waals surface area contributed by atoms with Crippen molar-refractivity contribution in [1.29, 1.82) is 0 Å². The number of benzene rings is 1. The van der Waals surface area contributed by atoms with Crippen molar-refractivity contribution in [2.24, 2.45) is 10.6 Å². The molecule has 0 aromatic heterocycles. The van der Waals surface area contributed by atoms with Crippen molar-refractivity contribution in [1.82, 2.24) is 9.62 Å². The standard InChI is InChI=1S/C13H19N3O4S2/c14-21(17,18)11-2-1-3-12(8-11)22(19,20)16-7-5-13(10-16)4-6-15-9-13/h1-3,8,15H,4-7,9-10H2,(H2,14,17,18). The van der Waals surface area contributed by atoms with E-state index in [0.717, 1.165) is 32.0 Å². The molecule has 1 aromatic rings. The van der Waals surface area contributed by atoms with E-state index in [4.69, 9.17) is 5.14 Å². The minimum absolute atomic E-state index is 0.0185. The van der Waals surface area contributed by atoms with Crippen LogP contribution in [-0.4, -0.2) is 47.3 Å². The summed E-state index contributed by atoms with van der Waals surface area (Å²) in [5.41, 5.74) is 0.0185. The van der Waals surface area contributed by atoms with Crippen molar-refractivity contribution in [3.8, 4) is 0 Å². The van der Waals surface area contributed by atoms with Crippen molar-refractivity contribution >= 4 is 20.0 Å². The molecular weight excluding hydrogens is 326 g/mol. The molecule has 1 atom stereocenters. The van der Waals surface area contributed by atoms with E-state index in [2.05, 4.69) is 5.32 Å². The molecule has 22 heavy (non-hydrogen) atoms. The molecule has 0 aliphatic carbocycles. The Hall–Kier alpha value is -1.00. The zero-order valence-corrected chi connectivity index (χ0v) is 13.7. The van der Waals surface area contributed by atoms with Crippen molar-refractivity contribution in [2.75, 3.05) is 26.2 Å². The molecule has 3 rings (SSSR count). The molecule has 1 aromatic carbocycles. The first-order chi connectivity index (χ1) is 10.2. The average Bonchev–Trinajstić information content (AvgIpc) is 3.09. The first-order valence-corrected chi connectivity index (χ1v) is 10.1. The molecule has 7 nitrogen and oxygen atoms in total. The monoisotopic (exact) mass is 345 g/mol. The highest BCUT2D eigenvalue weighted by atomic mass is 32.2. The lowest BCUT2D eigenvalue weighted by molar-refractivity contribution is 0.338. The molecule has 1 spiro atoms. The molecule has 0 saturated carbocycles. The van der Waals surface area contributed by atoms with E-state index in [1.165, 1.54) is 22.5 Å². The highest BCUT2D eigenvalue weighted by Gasteiger charge is 2.44. The summed E-state index contributed by atoms with van der Waals surface area (Å²) in [5, 5.41) is 8.35. The maximum absolute atomic E-state index is 12.7. The first-order valence-electron chi connectivity index (χ1n) is 7.07. The topological polar surface area (TPSA) is 110 Å². The molecule has 2 heterocycles. The number of nitrogens with two attached hydrogens (primary N) is 1. The van der Waals surface area contributed by atoms with Crippen LogP contribution in [0.2, 0.25) is 0 Å². The summed E-state index contributed by atoms with van der Waals surface area (Å²) in [6.07, 6.45) is 1.80. The van der Waals surface area contributed by atoms with Crippen LogP contribution < -0.4 is 10.5 Å². The number of nitrogens with one attached hydrogen (secondary N) is 1. The van der Waals surface area contributed by atoms with Crippen LogP contribution in [0.4, 0.5) is 0 Å². The van der Waals surface area contributed by atoms with Crippen LogP contribution >= 0.6 is 0 Å². The number of hydrogen-bond donors (Lipinski definition) is 2. The van der Waals surface area contributed by atoms with Gasteiger partial charge in [-0.1, -0.05) is 6.07 Å². The lowest BCUT2D eigenvalue weighted by Gasteiger charge is -2.22. The van der Waals surface area contributed by atoms with E-state index in [1.807, 2.05) is 0 Å². The lowest BCUT2D eigenvalue weighted by atomic mass is 9.87. The van der Waals surface area contributed by atoms with Crippen LogP contribution in [-0.2, 0) is 20.0 Å². The smallest absolute Gasteiger partial charge is 0.243 e. The molecule has 1 unspecified atom stereocenters. The summed E-state index contributed by atoms with van der Waals surface area (Å²) < 4.78 is 49.7. The maximum atomic E-state index is 12.7.